The third-order valence-corrected chi connectivity index (χ3v) is 2.25. The first-order valence-corrected chi connectivity index (χ1v) is 6.73. The normalized spacial score (nSPS) is 10.3. The predicted molar refractivity (Wildman–Crippen MR) is 83.6 cm³/mol. The van der Waals surface area contributed by atoms with Gasteiger partial charge in [0.2, 0.25) is 5.91 Å². The number of amides is 2. The molecule has 2 amide bonds. The van der Waals surface area contributed by atoms with Crippen molar-refractivity contribution in [3.8, 4) is 18.1 Å². The third kappa shape index (κ3) is 7.20. The summed E-state index contributed by atoms with van der Waals surface area (Å²) < 4.78 is 10.2. The van der Waals surface area contributed by atoms with Crippen molar-refractivity contribution in [3.05, 3.63) is 24.3 Å². The summed E-state index contributed by atoms with van der Waals surface area (Å²) >= 11 is 0. The maximum Gasteiger partial charge on any atom is 0.408 e. The summed E-state index contributed by atoms with van der Waals surface area (Å²) in [6.45, 7) is 5.25. The molecule has 6 nitrogen and oxygen atoms in total. The van der Waals surface area contributed by atoms with E-state index in [2.05, 4.69) is 16.6 Å². The van der Waals surface area contributed by atoms with Crippen LogP contribution in [0.4, 0.5) is 10.5 Å². The van der Waals surface area contributed by atoms with Gasteiger partial charge in [-0.2, -0.15) is 0 Å². The third-order valence-electron chi connectivity index (χ3n) is 2.25. The zero-order valence-corrected chi connectivity index (χ0v) is 12.9. The number of terminal acetylenes is 1. The molecule has 1 aromatic carbocycles. The number of hydrogen-bond donors (Lipinski definition) is 2. The number of hydrogen-bond acceptors (Lipinski definition) is 4. The molecule has 0 atom stereocenters. The first kappa shape index (κ1) is 17.4. The van der Waals surface area contributed by atoms with E-state index in [1.165, 1.54) is 0 Å². The second-order valence-corrected chi connectivity index (χ2v) is 5.42. The molecule has 0 spiro atoms. The first-order valence-electron chi connectivity index (χ1n) is 6.73. The molecule has 0 heterocycles. The zero-order chi connectivity index (χ0) is 16.6. The van der Waals surface area contributed by atoms with Gasteiger partial charge in [-0.3, -0.25) is 4.79 Å². The van der Waals surface area contributed by atoms with Gasteiger partial charge in [0, 0.05) is 5.69 Å². The molecule has 0 bridgehead atoms. The molecule has 1 rings (SSSR count). The van der Waals surface area contributed by atoms with E-state index in [-0.39, 0.29) is 19.1 Å². The van der Waals surface area contributed by atoms with Crippen LogP contribution in [0.25, 0.3) is 0 Å². The average molecular weight is 304 g/mol. The summed E-state index contributed by atoms with van der Waals surface area (Å²) in [6, 6.07) is 6.73. The van der Waals surface area contributed by atoms with Gasteiger partial charge in [0.1, 0.15) is 24.5 Å². The number of carbonyl (C=O) groups is 2. The number of carbonyl (C=O) groups excluding carboxylic acids is 2. The van der Waals surface area contributed by atoms with E-state index < -0.39 is 11.7 Å². The number of ether oxygens (including phenoxy) is 2. The monoisotopic (exact) mass is 304 g/mol. The van der Waals surface area contributed by atoms with E-state index in [9.17, 15) is 9.59 Å². The van der Waals surface area contributed by atoms with E-state index >= 15 is 0 Å². The molecular weight excluding hydrogens is 284 g/mol. The molecule has 0 saturated carbocycles. The van der Waals surface area contributed by atoms with Crippen LogP contribution in [-0.2, 0) is 9.53 Å². The number of alkyl carbamates (subject to hydrolysis) is 1. The van der Waals surface area contributed by atoms with Crippen LogP contribution in [0.2, 0.25) is 0 Å². The summed E-state index contributed by atoms with van der Waals surface area (Å²) in [4.78, 5) is 23.1. The molecule has 6 heteroatoms. The Hall–Kier alpha value is -2.68. The molecule has 1 aromatic rings. The van der Waals surface area contributed by atoms with Gasteiger partial charge in [-0.05, 0) is 45.0 Å². The lowest BCUT2D eigenvalue weighted by Gasteiger charge is -2.19. The van der Waals surface area contributed by atoms with Crippen molar-refractivity contribution in [3.63, 3.8) is 0 Å². The molecule has 0 unspecified atom stereocenters. The lowest BCUT2D eigenvalue weighted by Crippen LogP contribution is -2.37. The van der Waals surface area contributed by atoms with Gasteiger partial charge in [-0.1, -0.05) is 5.92 Å². The van der Waals surface area contributed by atoms with E-state index in [0.717, 1.165) is 0 Å². The summed E-state index contributed by atoms with van der Waals surface area (Å²) in [6.07, 6.45) is 4.45. The van der Waals surface area contributed by atoms with E-state index in [1.807, 2.05) is 0 Å². The standard InChI is InChI=1S/C16H20N2O4/c1-5-10-21-13-8-6-12(7-9-13)18-14(19)11-17-15(20)22-16(2,3)4/h1,6-9H,10-11H2,2-4H3,(H,17,20)(H,18,19). The summed E-state index contributed by atoms with van der Waals surface area (Å²) in [7, 11) is 0. The molecule has 0 aromatic heterocycles. The highest BCUT2D eigenvalue weighted by Crippen LogP contribution is 2.15. The lowest BCUT2D eigenvalue weighted by molar-refractivity contribution is -0.115. The van der Waals surface area contributed by atoms with Gasteiger partial charge < -0.3 is 20.1 Å². The molecule has 2 N–H and O–H groups in total. The summed E-state index contributed by atoms with van der Waals surface area (Å²) in [5.74, 6) is 2.62. The van der Waals surface area contributed by atoms with Crippen molar-refractivity contribution in [1.29, 1.82) is 0 Å². The van der Waals surface area contributed by atoms with Crippen molar-refractivity contribution >= 4 is 17.7 Å². The Morgan fingerprint density at radius 1 is 1.23 bits per heavy atom. The molecule has 0 aliphatic rings. The van der Waals surface area contributed by atoms with E-state index in [1.54, 1.807) is 45.0 Å². The largest absolute Gasteiger partial charge is 0.481 e. The van der Waals surface area contributed by atoms with Crippen molar-refractivity contribution in [2.45, 2.75) is 26.4 Å². The highest BCUT2D eigenvalue weighted by Gasteiger charge is 2.16. The summed E-state index contributed by atoms with van der Waals surface area (Å²) in [5.41, 5.74) is -0.0153. The second kappa shape index (κ2) is 7.93. The molecule has 118 valence electrons. The second-order valence-electron chi connectivity index (χ2n) is 5.42. The molecule has 0 fully saturated rings. The fourth-order valence-electron chi connectivity index (χ4n) is 1.43. The minimum absolute atomic E-state index is 0.176. The number of nitrogens with one attached hydrogen (secondary N) is 2. The van der Waals surface area contributed by atoms with Gasteiger partial charge in [-0.15, -0.1) is 6.42 Å². The average Bonchev–Trinajstić information content (AvgIpc) is 2.43. The highest BCUT2D eigenvalue weighted by atomic mass is 16.6. The Morgan fingerprint density at radius 3 is 2.41 bits per heavy atom. The lowest BCUT2D eigenvalue weighted by atomic mass is 10.2. The van der Waals surface area contributed by atoms with Crippen molar-refractivity contribution in [2.24, 2.45) is 0 Å². The van der Waals surface area contributed by atoms with Crippen LogP contribution in [0.15, 0.2) is 24.3 Å². The predicted octanol–water partition coefficient (Wildman–Crippen LogP) is 2.16. The quantitative estimate of drug-likeness (QED) is 0.817. The zero-order valence-electron chi connectivity index (χ0n) is 12.9. The van der Waals surface area contributed by atoms with Crippen molar-refractivity contribution in [1.82, 2.24) is 5.32 Å². The van der Waals surface area contributed by atoms with Crippen LogP contribution in [0.1, 0.15) is 20.8 Å². The van der Waals surface area contributed by atoms with Crippen LogP contribution < -0.4 is 15.4 Å². The Labute approximate surface area is 130 Å². The maximum absolute atomic E-state index is 11.7. The van der Waals surface area contributed by atoms with Gasteiger partial charge in [0.15, 0.2) is 0 Å². The molecule has 22 heavy (non-hydrogen) atoms. The topological polar surface area (TPSA) is 76.7 Å². The maximum atomic E-state index is 11.7. The van der Waals surface area contributed by atoms with Crippen LogP contribution in [0.3, 0.4) is 0 Å². The van der Waals surface area contributed by atoms with Crippen LogP contribution >= 0.6 is 0 Å². The molecular formula is C16H20N2O4. The van der Waals surface area contributed by atoms with E-state index in [0.29, 0.717) is 11.4 Å². The minimum Gasteiger partial charge on any atom is -0.481 e. The van der Waals surface area contributed by atoms with Gasteiger partial charge >= 0.3 is 6.09 Å². The van der Waals surface area contributed by atoms with Crippen LogP contribution in [0, 0.1) is 12.3 Å². The van der Waals surface area contributed by atoms with E-state index in [4.69, 9.17) is 15.9 Å². The number of rotatable bonds is 5. The highest BCUT2D eigenvalue weighted by molar-refractivity contribution is 5.93. The van der Waals surface area contributed by atoms with Crippen LogP contribution in [0.5, 0.6) is 5.75 Å². The Balaban J connectivity index is 2.39. The minimum atomic E-state index is -0.638. The molecule has 0 aliphatic carbocycles. The molecule has 0 saturated heterocycles. The first-order chi connectivity index (χ1) is 10.3. The Kier molecular flexibility index (Phi) is 6.26. The Bertz CT molecular complexity index is 553. The van der Waals surface area contributed by atoms with Crippen LogP contribution in [-0.4, -0.2) is 30.8 Å². The number of anilines is 1. The van der Waals surface area contributed by atoms with Gasteiger partial charge in [-0.25, -0.2) is 4.79 Å². The summed E-state index contributed by atoms with van der Waals surface area (Å²) in [5, 5.41) is 5.02. The fourth-order valence-corrected chi connectivity index (χ4v) is 1.43. The number of benzene rings is 1. The van der Waals surface area contributed by atoms with Crippen molar-refractivity contribution in [2.75, 3.05) is 18.5 Å². The fraction of sp³-hybridized carbons (Fsp3) is 0.375. The van der Waals surface area contributed by atoms with Gasteiger partial charge in [0.05, 0.1) is 0 Å². The van der Waals surface area contributed by atoms with Crippen molar-refractivity contribution < 1.29 is 19.1 Å². The molecule has 0 aliphatic heterocycles. The van der Waals surface area contributed by atoms with Gasteiger partial charge in [0.25, 0.3) is 0 Å². The smallest absolute Gasteiger partial charge is 0.408 e. The SMILES string of the molecule is C#CCOc1ccc(NC(=O)CNC(=O)OC(C)(C)C)cc1. The molecule has 0 radical (unpaired) electrons. The Morgan fingerprint density at radius 2 is 1.86 bits per heavy atom.